The van der Waals surface area contributed by atoms with E-state index in [-0.39, 0.29) is 36.2 Å². The van der Waals surface area contributed by atoms with Gasteiger partial charge in [-0.2, -0.15) is 8.42 Å². The number of hydrogen-bond donors (Lipinski definition) is 2. The zero-order chi connectivity index (χ0) is 20.9. The van der Waals surface area contributed by atoms with E-state index in [9.17, 15) is 8.42 Å². The summed E-state index contributed by atoms with van der Waals surface area (Å²) < 4.78 is 31.9. The Morgan fingerprint density at radius 2 is 1.28 bits per heavy atom. The zero-order valence-corrected chi connectivity index (χ0v) is 18.5. The molecule has 0 radical (unpaired) electrons. The molecule has 1 unspecified atom stereocenters. The van der Waals surface area contributed by atoms with Crippen LogP contribution in [0.4, 0.5) is 0 Å². The maximum atomic E-state index is 11.4. The quantitative estimate of drug-likeness (QED) is 0.157. The molecule has 0 aromatic rings. The molecule has 0 amide bonds. The van der Waals surface area contributed by atoms with E-state index in [1.54, 1.807) is 0 Å². The van der Waals surface area contributed by atoms with Crippen LogP contribution in [-0.2, 0) is 18.8 Å². The first-order valence-electron chi connectivity index (χ1n) is 11.0. The topological polar surface area (TPSA) is 93.1 Å². The van der Waals surface area contributed by atoms with E-state index in [0.29, 0.717) is 6.42 Å². The van der Waals surface area contributed by atoms with Crippen LogP contribution >= 0.6 is 0 Å². The Morgan fingerprint density at radius 1 is 0.793 bits per heavy atom. The van der Waals surface area contributed by atoms with Gasteiger partial charge in [0.25, 0.3) is 0 Å². The molecule has 0 aliphatic rings. The van der Waals surface area contributed by atoms with Crippen molar-refractivity contribution >= 4 is 40.0 Å². The third-order valence-corrected chi connectivity index (χ3v) is 5.38. The van der Waals surface area contributed by atoms with Crippen molar-refractivity contribution < 1.29 is 27.0 Å². The van der Waals surface area contributed by atoms with Crippen LogP contribution in [0.3, 0.4) is 0 Å². The van der Waals surface area contributed by atoms with Gasteiger partial charge in [-0.25, -0.2) is 8.37 Å². The molecule has 6 nitrogen and oxygen atoms in total. The van der Waals surface area contributed by atoms with Gasteiger partial charge in [0.1, 0.15) is 6.10 Å². The molecule has 8 heteroatoms. The molecule has 29 heavy (non-hydrogen) atoms. The first kappa shape index (κ1) is 31.7. The summed E-state index contributed by atoms with van der Waals surface area (Å²) in [7, 11) is -4.09. The molecular formula is C21H43NaO6S. The Labute approximate surface area is 201 Å². The average Bonchev–Trinajstić information content (AvgIpc) is 2.68. The normalized spacial score (nSPS) is 12.9. The average molecular weight is 447 g/mol. The molecule has 0 saturated heterocycles. The summed E-state index contributed by atoms with van der Waals surface area (Å²) in [5.41, 5.74) is 0. The molecule has 0 fully saturated rings. The van der Waals surface area contributed by atoms with Gasteiger partial charge in [-0.05, 0) is 32.1 Å². The summed E-state index contributed by atoms with van der Waals surface area (Å²) >= 11 is 0. The van der Waals surface area contributed by atoms with Crippen molar-refractivity contribution in [2.45, 2.75) is 103 Å². The Morgan fingerprint density at radius 3 is 1.79 bits per heavy atom. The monoisotopic (exact) mass is 446 g/mol. The first-order valence-corrected chi connectivity index (χ1v) is 12.3. The van der Waals surface area contributed by atoms with E-state index in [0.717, 1.165) is 25.7 Å². The van der Waals surface area contributed by atoms with Gasteiger partial charge < -0.3 is 10.2 Å². The van der Waals surface area contributed by atoms with E-state index < -0.39 is 29.7 Å². The second kappa shape index (κ2) is 23.2. The molecule has 0 aromatic carbocycles. The molecule has 0 rings (SSSR count). The molecule has 0 spiro atoms. The Balaban J connectivity index is 0. The second-order valence-corrected chi connectivity index (χ2v) is 8.58. The first-order chi connectivity index (χ1) is 13.5. The Kier molecular flexibility index (Phi) is 25.4. The van der Waals surface area contributed by atoms with Crippen molar-refractivity contribution in [2.24, 2.45) is 0 Å². The van der Waals surface area contributed by atoms with Gasteiger partial charge in [-0.1, -0.05) is 76.9 Å². The van der Waals surface area contributed by atoms with Crippen LogP contribution in [0.15, 0.2) is 12.2 Å². The molecule has 0 aliphatic carbocycles. The number of hydrogen-bond acceptors (Lipinski definition) is 6. The van der Waals surface area contributed by atoms with Crippen LogP contribution in [0.25, 0.3) is 0 Å². The summed E-state index contributed by atoms with van der Waals surface area (Å²) in [6, 6.07) is 0. The van der Waals surface area contributed by atoms with Crippen molar-refractivity contribution in [3.8, 4) is 0 Å². The number of rotatable bonds is 21. The standard InChI is InChI=1S/C21H42O6S.Na.H/c1-2-3-4-5-6-7-8-9-10-11-12-13-14-15-16-17-18-26-28(24,25)27-20-21(23)19-22;;/h9-10,21-23H,2-8,11-20H2,1H3;;/b10-9-;;. The predicted molar refractivity (Wildman–Crippen MR) is 121 cm³/mol. The minimum atomic E-state index is -4.09. The van der Waals surface area contributed by atoms with E-state index >= 15 is 0 Å². The molecule has 2 N–H and O–H groups in total. The number of unbranched alkanes of at least 4 members (excludes halogenated alkanes) is 12. The van der Waals surface area contributed by atoms with Crippen molar-refractivity contribution in [1.29, 1.82) is 0 Å². The molecule has 0 aromatic heterocycles. The summed E-state index contributed by atoms with van der Waals surface area (Å²) in [6.07, 6.45) is 20.0. The molecule has 0 heterocycles. The summed E-state index contributed by atoms with van der Waals surface area (Å²) in [5, 5.41) is 17.6. The van der Waals surface area contributed by atoms with Crippen LogP contribution in [-0.4, -0.2) is 74.1 Å². The fraction of sp³-hybridized carbons (Fsp3) is 0.905. The van der Waals surface area contributed by atoms with E-state index in [1.807, 2.05) is 0 Å². The van der Waals surface area contributed by atoms with Crippen LogP contribution in [0.2, 0.25) is 0 Å². The van der Waals surface area contributed by atoms with Gasteiger partial charge in [0.05, 0.1) is 19.8 Å². The van der Waals surface area contributed by atoms with Crippen molar-refractivity contribution in [3.05, 3.63) is 12.2 Å². The van der Waals surface area contributed by atoms with E-state index in [2.05, 4.69) is 23.3 Å². The molecular weight excluding hydrogens is 403 g/mol. The Bertz CT molecular complexity index is 456. The number of aliphatic hydroxyl groups is 2. The summed E-state index contributed by atoms with van der Waals surface area (Å²) in [4.78, 5) is 0. The number of allylic oxidation sites excluding steroid dienone is 2. The Hall–Kier alpha value is 0.530. The van der Waals surface area contributed by atoms with E-state index in [4.69, 9.17) is 14.4 Å². The third-order valence-electron chi connectivity index (χ3n) is 4.50. The molecule has 170 valence electrons. The van der Waals surface area contributed by atoms with Gasteiger partial charge in [-0.15, -0.1) is 0 Å². The van der Waals surface area contributed by atoms with Gasteiger partial charge in [0.15, 0.2) is 0 Å². The summed E-state index contributed by atoms with van der Waals surface area (Å²) in [5.74, 6) is 0. The summed E-state index contributed by atoms with van der Waals surface area (Å²) in [6.45, 7) is 1.28. The van der Waals surface area contributed by atoms with Gasteiger partial charge in [0.2, 0.25) is 0 Å². The van der Waals surface area contributed by atoms with Gasteiger partial charge in [0, 0.05) is 0 Å². The minimum absolute atomic E-state index is 0. The van der Waals surface area contributed by atoms with Crippen LogP contribution < -0.4 is 0 Å². The van der Waals surface area contributed by atoms with Crippen molar-refractivity contribution in [1.82, 2.24) is 0 Å². The van der Waals surface area contributed by atoms with Crippen molar-refractivity contribution in [3.63, 3.8) is 0 Å². The maximum absolute atomic E-state index is 11.4. The fourth-order valence-electron chi connectivity index (χ4n) is 2.76. The van der Waals surface area contributed by atoms with Crippen LogP contribution in [0.5, 0.6) is 0 Å². The molecule has 0 saturated carbocycles. The molecule has 0 bridgehead atoms. The molecule has 0 aliphatic heterocycles. The van der Waals surface area contributed by atoms with E-state index in [1.165, 1.54) is 57.8 Å². The SMILES string of the molecule is CCCCCCCC/C=C\CCCCCCCCOS(=O)(=O)OCC(O)CO.[NaH]. The van der Waals surface area contributed by atoms with Gasteiger partial charge >= 0.3 is 40.0 Å². The predicted octanol–water partition coefficient (Wildman–Crippen LogP) is 4.01. The van der Waals surface area contributed by atoms with Gasteiger partial charge in [-0.3, -0.25) is 0 Å². The fourth-order valence-corrected chi connectivity index (χ4v) is 3.47. The second-order valence-electron chi connectivity index (χ2n) is 7.29. The van der Waals surface area contributed by atoms with Crippen molar-refractivity contribution in [2.75, 3.05) is 19.8 Å². The number of aliphatic hydroxyl groups excluding tert-OH is 2. The van der Waals surface area contributed by atoms with Crippen LogP contribution in [0.1, 0.15) is 96.8 Å². The third kappa shape index (κ3) is 24.7. The molecule has 1 atom stereocenters. The van der Waals surface area contributed by atoms with Crippen LogP contribution in [0, 0.1) is 0 Å². The zero-order valence-electron chi connectivity index (χ0n) is 17.7.